The van der Waals surface area contributed by atoms with Crippen LogP contribution in [-0.2, 0) is 22.5 Å². The minimum absolute atomic E-state index is 0.118. The number of fused-ring (bicyclic) bond motifs is 1. The van der Waals surface area contributed by atoms with Gasteiger partial charge in [-0.2, -0.15) is 0 Å². The molecule has 0 radical (unpaired) electrons. The second kappa shape index (κ2) is 7.08. The van der Waals surface area contributed by atoms with Crippen LogP contribution < -0.4 is 5.32 Å². The van der Waals surface area contributed by atoms with Crippen LogP contribution in [0.3, 0.4) is 0 Å². The monoisotopic (exact) mass is 324 g/mol. The topological polar surface area (TPSA) is 51.2 Å². The molecule has 0 atom stereocenters. The molecule has 0 amide bonds. The minimum atomic E-state index is -0.331. The maximum atomic E-state index is 13.0. The fourth-order valence-corrected chi connectivity index (χ4v) is 2.49. The van der Waals surface area contributed by atoms with Crippen molar-refractivity contribution < 1.29 is 13.9 Å². The molecule has 0 aliphatic rings. The maximum Gasteiger partial charge on any atom is 0.311 e. The Bertz CT molecular complexity index is 863. The molecule has 0 saturated heterocycles. The Kier molecular flexibility index (Phi) is 4.70. The number of anilines is 1. The Hall–Kier alpha value is -2.95. The van der Waals surface area contributed by atoms with E-state index < -0.39 is 0 Å². The van der Waals surface area contributed by atoms with Crippen LogP contribution in [0, 0.1) is 5.82 Å². The second-order valence-electron chi connectivity index (χ2n) is 5.41. The van der Waals surface area contributed by atoms with E-state index in [0.717, 1.165) is 22.2 Å². The van der Waals surface area contributed by atoms with Crippen molar-refractivity contribution >= 4 is 22.6 Å². The summed E-state index contributed by atoms with van der Waals surface area (Å²) < 4.78 is 17.7. The van der Waals surface area contributed by atoms with Crippen molar-refractivity contribution in [2.24, 2.45) is 0 Å². The number of aromatic nitrogens is 1. The summed E-state index contributed by atoms with van der Waals surface area (Å²) in [6.07, 6.45) is 0.118. The number of hydrogen-bond donors (Lipinski definition) is 1. The van der Waals surface area contributed by atoms with Gasteiger partial charge in [-0.25, -0.2) is 4.39 Å². The summed E-state index contributed by atoms with van der Waals surface area (Å²) >= 11 is 0. The average molecular weight is 324 g/mol. The van der Waals surface area contributed by atoms with Gasteiger partial charge in [0.2, 0.25) is 0 Å². The molecule has 0 unspecified atom stereocenters. The van der Waals surface area contributed by atoms with Gasteiger partial charge in [0.15, 0.2) is 0 Å². The number of ether oxygens (including phenoxy) is 1. The van der Waals surface area contributed by atoms with Gasteiger partial charge in [0, 0.05) is 17.6 Å². The van der Waals surface area contributed by atoms with Crippen molar-refractivity contribution in [1.82, 2.24) is 4.98 Å². The van der Waals surface area contributed by atoms with E-state index in [1.165, 1.54) is 19.2 Å². The fourth-order valence-electron chi connectivity index (χ4n) is 2.49. The predicted octanol–water partition coefficient (Wildman–Crippen LogP) is 3.70. The highest BCUT2D eigenvalue weighted by Crippen LogP contribution is 2.24. The maximum absolute atomic E-state index is 13.0. The Morgan fingerprint density at radius 2 is 1.92 bits per heavy atom. The Balaban J connectivity index is 1.89. The number of pyridine rings is 1. The van der Waals surface area contributed by atoms with Crippen molar-refractivity contribution in [3.63, 3.8) is 0 Å². The van der Waals surface area contributed by atoms with Crippen molar-refractivity contribution in [2.75, 3.05) is 12.4 Å². The Labute approximate surface area is 139 Å². The smallest absolute Gasteiger partial charge is 0.311 e. The Morgan fingerprint density at radius 3 is 2.67 bits per heavy atom. The molecule has 0 bridgehead atoms. The third kappa shape index (κ3) is 3.68. The lowest BCUT2D eigenvalue weighted by atomic mass is 10.1. The van der Waals surface area contributed by atoms with Crippen LogP contribution in [-0.4, -0.2) is 18.1 Å². The second-order valence-corrected chi connectivity index (χ2v) is 5.41. The lowest BCUT2D eigenvalue weighted by Crippen LogP contribution is -2.08. The molecule has 0 fully saturated rings. The summed E-state index contributed by atoms with van der Waals surface area (Å²) in [4.78, 5) is 16.0. The number of nitrogens with one attached hydrogen (secondary N) is 1. The quantitative estimate of drug-likeness (QED) is 0.727. The number of carbonyl (C=O) groups is 1. The van der Waals surface area contributed by atoms with Gasteiger partial charge >= 0.3 is 5.97 Å². The first-order valence-corrected chi connectivity index (χ1v) is 7.59. The predicted molar refractivity (Wildman–Crippen MR) is 91.2 cm³/mol. The SMILES string of the molecule is COC(=O)Cc1cc(NCc2ccc(F)cc2)c2ccccc2n1. The molecule has 24 heavy (non-hydrogen) atoms. The molecule has 4 nitrogen and oxygen atoms in total. The van der Waals surface area contributed by atoms with E-state index in [1.54, 1.807) is 12.1 Å². The molecule has 122 valence electrons. The lowest BCUT2D eigenvalue weighted by molar-refractivity contribution is -0.139. The molecule has 1 N–H and O–H groups in total. The molecular formula is C19H17FN2O2. The van der Waals surface area contributed by atoms with Crippen molar-refractivity contribution in [1.29, 1.82) is 0 Å². The molecule has 0 aliphatic heterocycles. The molecule has 1 aromatic heterocycles. The highest BCUT2D eigenvalue weighted by atomic mass is 19.1. The van der Waals surface area contributed by atoms with Crippen LogP contribution >= 0.6 is 0 Å². The van der Waals surface area contributed by atoms with Crippen molar-refractivity contribution in [3.05, 3.63) is 71.7 Å². The van der Waals surface area contributed by atoms with Gasteiger partial charge in [-0.15, -0.1) is 0 Å². The Morgan fingerprint density at radius 1 is 1.17 bits per heavy atom. The zero-order valence-electron chi connectivity index (χ0n) is 13.3. The molecule has 1 heterocycles. The van der Waals surface area contributed by atoms with Crippen LogP contribution in [0.4, 0.5) is 10.1 Å². The van der Waals surface area contributed by atoms with Gasteiger partial charge in [0.25, 0.3) is 0 Å². The zero-order chi connectivity index (χ0) is 16.9. The summed E-state index contributed by atoms with van der Waals surface area (Å²) in [6, 6.07) is 15.9. The normalized spacial score (nSPS) is 10.6. The summed E-state index contributed by atoms with van der Waals surface area (Å²) in [5.74, 6) is -0.587. The number of methoxy groups -OCH3 is 1. The van der Waals surface area contributed by atoms with Gasteiger partial charge in [-0.1, -0.05) is 30.3 Å². The molecule has 2 aromatic carbocycles. The van der Waals surface area contributed by atoms with E-state index >= 15 is 0 Å². The number of hydrogen-bond acceptors (Lipinski definition) is 4. The van der Waals surface area contributed by atoms with E-state index in [9.17, 15) is 9.18 Å². The van der Waals surface area contributed by atoms with Gasteiger partial charge in [0.05, 0.1) is 24.7 Å². The van der Waals surface area contributed by atoms with E-state index in [-0.39, 0.29) is 18.2 Å². The highest BCUT2D eigenvalue weighted by Gasteiger charge is 2.09. The molecule has 0 saturated carbocycles. The number of rotatable bonds is 5. The van der Waals surface area contributed by atoms with E-state index in [4.69, 9.17) is 4.74 Å². The first-order chi connectivity index (χ1) is 11.7. The van der Waals surface area contributed by atoms with E-state index in [1.807, 2.05) is 30.3 Å². The molecule has 3 aromatic rings. The van der Waals surface area contributed by atoms with Gasteiger partial charge in [0.1, 0.15) is 5.82 Å². The van der Waals surface area contributed by atoms with Crippen LogP contribution in [0.2, 0.25) is 0 Å². The molecule has 5 heteroatoms. The number of nitrogens with zero attached hydrogens (tertiary/aromatic N) is 1. The van der Waals surface area contributed by atoms with Gasteiger partial charge in [-0.3, -0.25) is 9.78 Å². The summed E-state index contributed by atoms with van der Waals surface area (Å²) in [5, 5.41) is 4.31. The lowest BCUT2D eigenvalue weighted by Gasteiger charge is -2.12. The highest BCUT2D eigenvalue weighted by molar-refractivity contribution is 5.92. The average Bonchev–Trinajstić information content (AvgIpc) is 2.61. The van der Waals surface area contributed by atoms with Crippen LogP contribution in [0.25, 0.3) is 10.9 Å². The van der Waals surface area contributed by atoms with Gasteiger partial charge < -0.3 is 10.1 Å². The van der Waals surface area contributed by atoms with Crippen LogP contribution in [0.15, 0.2) is 54.6 Å². The van der Waals surface area contributed by atoms with E-state index in [2.05, 4.69) is 10.3 Å². The largest absolute Gasteiger partial charge is 0.469 e. The first kappa shape index (κ1) is 15.9. The summed E-state index contributed by atoms with van der Waals surface area (Å²) in [6.45, 7) is 0.548. The molecule has 0 aliphatic carbocycles. The molecule has 0 spiro atoms. The zero-order valence-corrected chi connectivity index (χ0v) is 13.3. The van der Waals surface area contributed by atoms with Crippen molar-refractivity contribution in [3.8, 4) is 0 Å². The number of esters is 1. The third-order valence-corrected chi connectivity index (χ3v) is 3.72. The number of benzene rings is 2. The summed E-state index contributed by atoms with van der Waals surface area (Å²) in [5.41, 5.74) is 3.29. The third-order valence-electron chi connectivity index (χ3n) is 3.72. The van der Waals surface area contributed by atoms with E-state index in [0.29, 0.717) is 12.2 Å². The van der Waals surface area contributed by atoms with Crippen LogP contribution in [0.1, 0.15) is 11.3 Å². The van der Waals surface area contributed by atoms with Crippen molar-refractivity contribution in [2.45, 2.75) is 13.0 Å². The number of carbonyl (C=O) groups excluding carboxylic acids is 1. The standard InChI is InChI=1S/C19H17FN2O2/c1-24-19(23)11-15-10-18(16-4-2-3-5-17(16)22-15)21-12-13-6-8-14(20)9-7-13/h2-10H,11-12H2,1H3,(H,21,22). The number of para-hydroxylation sites is 1. The molecule has 3 rings (SSSR count). The first-order valence-electron chi connectivity index (χ1n) is 7.59. The summed E-state index contributed by atoms with van der Waals surface area (Å²) in [7, 11) is 1.36. The van der Waals surface area contributed by atoms with Gasteiger partial charge in [-0.05, 0) is 29.8 Å². The van der Waals surface area contributed by atoms with Crippen LogP contribution in [0.5, 0.6) is 0 Å². The minimum Gasteiger partial charge on any atom is -0.469 e. The number of halogens is 1. The fraction of sp³-hybridized carbons (Fsp3) is 0.158. The molecular weight excluding hydrogens is 307 g/mol.